The van der Waals surface area contributed by atoms with Gasteiger partial charge in [0, 0.05) is 12.6 Å². The molecule has 1 fully saturated rings. The van der Waals surface area contributed by atoms with Crippen molar-refractivity contribution in [3.8, 4) is 0 Å². The van der Waals surface area contributed by atoms with Crippen LogP contribution in [0.2, 0.25) is 0 Å². The van der Waals surface area contributed by atoms with Gasteiger partial charge in [-0.25, -0.2) is 0 Å². The number of hydrogen-bond acceptors (Lipinski definition) is 4. The van der Waals surface area contributed by atoms with Gasteiger partial charge < -0.3 is 5.32 Å². The van der Waals surface area contributed by atoms with E-state index in [1.165, 1.54) is 0 Å². The van der Waals surface area contributed by atoms with Gasteiger partial charge in [-0.1, -0.05) is 0 Å². The van der Waals surface area contributed by atoms with Crippen molar-refractivity contribution >= 4 is 10.1 Å². The number of halogens is 3. The molecule has 90 valence electrons. The second-order valence-electron chi connectivity index (χ2n) is 3.57. The average Bonchev–Trinajstić information content (AvgIpc) is 2.45. The summed E-state index contributed by atoms with van der Waals surface area (Å²) in [6.45, 7) is -0.424. The highest BCUT2D eigenvalue weighted by Gasteiger charge is 2.44. The first-order valence-electron chi connectivity index (χ1n) is 4.33. The Labute approximate surface area is 85.9 Å². The van der Waals surface area contributed by atoms with Crippen LogP contribution in [-0.4, -0.2) is 40.0 Å². The Morgan fingerprint density at radius 1 is 1.47 bits per heavy atom. The van der Waals surface area contributed by atoms with Gasteiger partial charge in [0.1, 0.15) is 0 Å². The van der Waals surface area contributed by atoms with Crippen LogP contribution in [0.25, 0.3) is 0 Å². The maximum atomic E-state index is 12.2. The first-order valence-corrected chi connectivity index (χ1v) is 6.14. The minimum absolute atomic E-state index is 0.140. The summed E-state index contributed by atoms with van der Waals surface area (Å²) >= 11 is 0. The third kappa shape index (κ3) is 4.35. The predicted molar refractivity (Wildman–Crippen MR) is 46.7 cm³/mol. The van der Waals surface area contributed by atoms with Gasteiger partial charge in [-0.2, -0.15) is 21.6 Å². The molecule has 4 nitrogen and oxygen atoms in total. The number of nitrogens with one attached hydrogen (secondary N) is 1. The van der Waals surface area contributed by atoms with E-state index in [4.69, 9.17) is 0 Å². The fraction of sp³-hybridized carbons (Fsp3) is 1.00. The van der Waals surface area contributed by atoms with E-state index in [-0.39, 0.29) is 19.6 Å². The summed E-state index contributed by atoms with van der Waals surface area (Å²) in [5.74, 6) is -1.41. The highest BCUT2D eigenvalue weighted by molar-refractivity contribution is 7.85. The quantitative estimate of drug-likeness (QED) is 0.738. The summed E-state index contributed by atoms with van der Waals surface area (Å²) < 4.78 is 62.2. The lowest BCUT2D eigenvalue weighted by Crippen LogP contribution is -2.28. The fourth-order valence-electron chi connectivity index (χ4n) is 1.40. The van der Waals surface area contributed by atoms with E-state index in [1.54, 1.807) is 0 Å². The molecule has 0 aromatic rings. The van der Waals surface area contributed by atoms with Crippen molar-refractivity contribution in [2.45, 2.75) is 18.6 Å². The van der Waals surface area contributed by atoms with Crippen molar-refractivity contribution in [2.75, 3.05) is 19.4 Å². The molecule has 0 radical (unpaired) electrons. The molecule has 0 unspecified atom stereocenters. The van der Waals surface area contributed by atoms with E-state index in [1.807, 2.05) is 0 Å². The van der Waals surface area contributed by atoms with Crippen LogP contribution >= 0.6 is 0 Å². The summed E-state index contributed by atoms with van der Waals surface area (Å²) in [7, 11) is -3.59. The Morgan fingerprint density at radius 3 is 2.47 bits per heavy atom. The van der Waals surface area contributed by atoms with Gasteiger partial charge >= 0.3 is 6.18 Å². The molecule has 0 amide bonds. The maximum absolute atomic E-state index is 12.2. The molecule has 1 aliphatic rings. The molecule has 8 heteroatoms. The minimum Gasteiger partial charge on any atom is -0.311 e. The largest absolute Gasteiger partial charge is 0.393 e. The lowest BCUT2D eigenvalue weighted by Gasteiger charge is -2.13. The Hall–Kier alpha value is -0.340. The topological polar surface area (TPSA) is 55.4 Å². The highest BCUT2D eigenvalue weighted by Crippen LogP contribution is 2.32. The zero-order valence-electron chi connectivity index (χ0n) is 8.04. The van der Waals surface area contributed by atoms with Gasteiger partial charge in [0.05, 0.1) is 18.8 Å². The number of alkyl halides is 3. The van der Waals surface area contributed by atoms with E-state index in [2.05, 4.69) is 9.50 Å². The van der Waals surface area contributed by atoms with Crippen molar-refractivity contribution in [3.63, 3.8) is 0 Å². The van der Waals surface area contributed by atoms with E-state index >= 15 is 0 Å². The molecule has 1 N–H and O–H groups in total. The molecule has 1 rings (SSSR count). The van der Waals surface area contributed by atoms with Gasteiger partial charge in [-0.05, 0) is 6.42 Å². The third-order valence-corrected chi connectivity index (χ3v) is 2.73. The van der Waals surface area contributed by atoms with Crippen molar-refractivity contribution in [1.82, 2.24) is 5.32 Å². The SMILES string of the molecule is CS(=O)(=O)OC[C@@H]1C[C@H](C(F)(F)F)CN1. The highest BCUT2D eigenvalue weighted by atomic mass is 32.2. The average molecular weight is 247 g/mol. The van der Waals surface area contributed by atoms with E-state index < -0.39 is 28.3 Å². The molecule has 15 heavy (non-hydrogen) atoms. The van der Waals surface area contributed by atoms with Crippen LogP contribution in [0.4, 0.5) is 13.2 Å². The Bertz CT molecular complexity index is 314. The van der Waals surface area contributed by atoms with Crippen LogP contribution in [0.5, 0.6) is 0 Å². The third-order valence-electron chi connectivity index (χ3n) is 2.17. The van der Waals surface area contributed by atoms with Gasteiger partial charge in [-0.15, -0.1) is 0 Å². The van der Waals surface area contributed by atoms with Crippen molar-refractivity contribution in [1.29, 1.82) is 0 Å². The van der Waals surface area contributed by atoms with Crippen molar-refractivity contribution in [3.05, 3.63) is 0 Å². The minimum atomic E-state index is -4.23. The van der Waals surface area contributed by atoms with Gasteiger partial charge in [0.25, 0.3) is 10.1 Å². The second kappa shape index (κ2) is 4.26. The van der Waals surface area contributed by atoms with Crippen molar-refractivity contribution < 1.29 is 25.8 Å². The first-order chi connectivity index (χ1) is 6.68. The van der Waals surface area contributed by atoms with Crippen LogP contribution in [0.3, 0.4) is 0 Å². The lowest BCUT2D eigenvalue weighted by molar-refractivity contribution is -0.169. The molecule has 0 bridgehead atoms. The number of hydrogen-bond donors (Lipinski definition) is 1. The first kappa shape index (κ1) is 12.7. The fourth-order valence-corrected chi connectivity index (χ4v) is 1.81. The van der Waals surface area contributed by atoms with Crippen LogP contribution < -0.4 is 5.32 Å². The molecule has 0 aromatic heterocycles. The molecule has 1 saturated heterocycles. The van der Waals surface area contributed by atoms with Crippen LogP contribution in [-0.2, 0) is 14.3 Å². The van der Waals surface area contributed by atoms with Crippen LogP contribution in [0.15, 0.2) is 0 Å². The molecule has 2 atom stereocenters. The number of rotatable bonds is 3. The van der Waals surface area contributed by atoms with Gasteiger partial charge in [0.2, 0.25) is 0 Å². The van der Waals surface area contributed by atoms with Crippen LogP contribution in [0, 0.1) is 5.92 Å². The standard InChI is InChI=1S/C7H12F3NO3S/c1-15(12,13)14-4-6-2-5(3-11-6)7(8,9)10/h5-6,11H,2-4H2,1H3/t5-,6-/m0/s1. The normalized spacial score (nSPS) is 28.3. The van der Waals surface area contributed by atoms with Gasteiger partial charge in [0.15, 0.2) is 0 Å². The molecule has 1 heterocycles. The molecule has 0 aromatic carbocycles. The molecular weight excluding hydrogens is 235 g/mol. The van der Waals surface area contributed by atoms with E-state index in [0.29, 0.717) is 0 Å². The van der Waals surface area contributed by atoms with E-state index in [9.17, 15) is 21.6 Å². The maximum Gasteiger partial charge on any atom is 0.393 e. The molecular formula is C7H12F3NO3S. The van der Waals surface area contributed by atoms with Gasteiger partial charge in [-0.3, -0.25) is 4.18 Å². The van der Waals surface area contributed by atoms with E-state index in [0.717, 1.165) is 6.26 Å². The zero-order chi connectivity index (χ0) is 11.7. The summed E-state index contributed by atoms with van der Waals surface area (Å²) in [6, 6.07) is -0.550. The van der Waals surface area contributed by atoms with Crippen LogP contribution in [0.1, 0.15) is 6.42 Å². The zero-order valence-corrected chi connectivity index (χ0v) is 8.86. The summed E-state index contributed by atoms with van der Waals surface area (Å²) in [5, 5.41) is 2.58. The smallest absolute Gasteiger partial charge is 0.311 e. The Morgan fingerprint density at radius 2 is 2.07 bits per heavy atom. The van der Waals surface area contributed by atoms with Crippen molar-refractivity contribution in [2.24, 2.45) is 5.92 Å². The molecule has 0 spiro atoms. The monoisotopic (exact) mass is 247 g/mol. The lowest BCUT2D eigenvalue weighted by atomic mass is 10.1. The summed E-state index contributed by atoms with van der Waals surface area (Å²) in [5.41, 5.74) is 0. The molecule has 1 aliphatic heterocycles. The Balaban J connectivity index is 2.38. The summed E-state index contributed by atoms with van der Waals surface area (Å²) in [6.07, 6.45) is -3.50. The second-order valence-corrected chi connectivity index (χ2v) is 5.21. The summed E-state index contributed by atoms with van der Waals surface area (Å²) in [4.78, 5) is 0. The molecule has 0 aliphatic carbocycles. The Kier molecular flexibility index (Phi) is 3.62. The molecule has 0 saturated carbocycles. The predicted octanol–water partition coefficient (Wildman–Crippen LogP) is 0.503.